The summed E-state index contributed by atoms with van der Waals surface area (Å²) in [7, 11) is -1.47. The quantitative estimate of drug-likeness (QED) is 0.706. The van der Waals surface area contributed by atoms with E-state index < -0.39 is 15.9 Å². The van der Waals surface area contributed by atoms with Crippen molar-refractivity contribution in [3.05, 3.63) is 35.9 Å². The van der Waals surface area contributed by atoms with Gasteiger partial charge in [0.1, 0.15) is 0 Å². The number of piperazine rings is 1. The van der Waals surface area contributed by atoms with Gasteiger partial charge in [-0.3, -0.25) is 9.48 Å². The van der Waals surface area contributed by atoms with Gasteiger partial charge in [-0.15, -0.1) is 0 Å². The van der Waals surface area contributed by atoms with Gasteiger partial charge in [-0.2, -0.15) is 5.10 Å². The Hall–Kier alpha value is -2.49. The molecule has 0 radical (unpaired) electrons. The molecule has 2 aromatic heterocycles. The van der Waals surface area contributed by atoms with Crippen molar-refractivity contribution in [3.8, 4) is 0 Å². The predicted octanol–water partition coefficient (Wildman–Crippen LogP) is -0.353. The normalized spacial score (nSPS) is 24.5. The van der Waals surface area contributed by atoms with Crippen LogP contribution in [-0.4, -0.2) is 75.7 Å². The molecule has 0 unspecified atom stereocenters. The van der Waals surface area contributed by atoms with E-state index in [2.05, 4.69) is 15.1 Å². The number of nitrogens with zero attached hydrogens (tertiary/aromatic N) is 6. The molecule has 0 aliphatic carbocycles. The van der Waals surface area contributed by atoms with Gasteiger partial charge in [0.05, 0.1) is 34.8 Å². The Balaban J connectivity index is 1.67. The van der Waals surface area contributed by atoms with Crippen molar-refractivity contribution in [2.24, 2.45) is 7.05 Å². The Morgan fingerprint density at radius 3 is 2.50 bits per heavy atom. The summed E-state index contributed by atoms with van der Waals surface area (Å²) in [6, 6.07) is 0.971. The zero-order chi connectivity index (χ0) is 18.5. The number of amides is 1. The van der Waals surface area contributed by atoms with Crippen LogP contribution in [-0.2, 0) is 16.9 Å². The lowest BCUT2D eigenvalue weighted by Crippen LogP contribution is -2.61. The summed E-state index contributed by atoms with van der Waals surface area (Å²) in [5, 5.41) is 4.22. The number of anilines is 1. The van der Waals surface area contributed by atoms with Gasteiger partial charge in [0.15, 0.2) is 9.84 Å². The molecular formula is C16H20N6O3S. The monoisotopic (exact) mass is 376 g/mol. The maximum absolute atomic E-state index is 13.1. The summed E-state index contributed by atoms with van der Waals surface area (Å²) < 4.78 is 26.3. The Morgan fingerprint density at radius 2 is 1.85 bits per heavy atom. The van der Waals surface area contributed by atoms with Crippen molar-refractivity contribution in [1.29, 1.82) is 0 Å². The maximum Gasteiger partial charge on any atom is 0.257 e. The fourth-order valence-corrected chi connectivity index (χ4v) is 5.84. The first kappa shape index (κ1) is 17.0. The first-order chi connectivity index (χ1) is 12.4. The van der Waals surface area contributed by atoms with Crippen LogP contribution in [0.2, 0.25) is 0 Å². The first-order valence-corrected chi connectivity index (χ1v) is 10.2. The summed E-state index contributed by atoms with van der Waals surface area (Å²) in [4.78, 5) is 25.2. The average Bonchev–Trinajstić information content (AvgIpc) is 3.11. The lowest BCUT2D eigenvalue weighted by molar-refractivity contribution is 0.0647. The molecule has 2 aliphatic heterocycles. The van der Waals surface area contributed by atoms with E-state index >= 15 is 0 Å². The van der Waals surface area contributed by atoms with E-state index in [1.807, 2.05) is 4.90 Å². The molecule has 2 aliphatic rings. The molecule has 0 aromatic carbocycles. The summed E-state index contributed by atoms with van der Waals surface area (Å²) in [6.07, 6.45) is 4.96. The number of aryl methyl sites for hydroxylation is 2. The van der Waals surface area contributed by atoms with Crippen LogP contribution in [0.25, 0.3) is 0 Å². The van der Waals surface area contributed by atoms with Gasteiger partial charge in [-0.1, -0.05) is 0 Å². The molecule has 26 heavy (non-hydrogen) atoms. The topological polar surface area (TPSA) is 101 Å². The molecule has 2 saturated heterocycles. The second-order valence-electron chi connectivity index (χ2n) is 6.75. The van der Waals surface area contributed by atoms with Crippen LogP contribution in [0.4, 0.5) is 5.95 Å². The Bertz CT molecular complexity index is 942. The summed E-state index contributed by atoms with van der Waals surface area (Å²) >= 11 is 0. The zero-order valence-electron chi connectivity index (χ0n) is 14.6. The number of hydrogen-bond acceptors (Lipinski definition) is 7. The van der Waals surface area contributed by atoms with Crippen LogP contribution in [0.3, 0.4) is 0 Å². The highest BCUT2D eigenvalue weighted by atomic mass is 32.2. The number of sulfone groups is 1. The molecule has 10 heteroatoms. The van der Waals surface area contributed by atoms with Gasteiger partial charge >= 0.3 is 0 Å². The van der Waals surface area contributed by atoms with E-state index in [1.54, 1.807) is 48.2 Å². The summed E-state index contributed by atoms with van der Waals surface area (Å²) in [5.74, 6) is 0.304. The molecule has 0 N–H and O–H groups in total. The van der Waals surface area contributed by atoms with Crippen molar-refractivity contribution >= 4 is 21.7 Å². The van der Waals surface area contributed by atoms with Crippen molar-refractivity contribution < 1.29 is 13.2 Å². The lowest BCUT2D eigenvalue weighted by atomic mass is 10.0. The number of carbonyl (C=O) groups is 1. The van der Waals surface area contributed by atoms with E-state index in [9.17, 15) is 13.2 Å². The van der Waals surface area contributed by atoms with Crippen molar-refractivity contribution in [2.75, 3.05) is 29.5 Å². The average molecular weight is 376 g/mol. The highest BCUT2D eigenvalue weighted by Crippen LogP contribution is 2.30. The van der Waals surface area contributed by atoms with Crippen molar-refractivity contribution in [1.82, 2.24) is 24.6 Å². The van der Waals surface area contributed by atoms with Crippen LogP contribution in [0, 0.1) is 6.92 Å². The molecule has 2 atom stereocenters. The second kappa shape index (κ2) is 6.04. The van der Waals surface area contributed by atoms with Gasteiger partial charge in [-0.25, -0.2) is 18.4 Å². The van der Waals surface area contributed by atoms with Crippen LogP contribution in [0.5, 0.6) is 0 Å². The molecule has 9 nitrogen and oxygen atoms in total. The fourth-order valence-electron chi connectivity index (χ4n) is 3.86. The molecule has 2 aromatic rings. The van der Waals surface area contributed by atoms with Crippen LogP contribution in [0.15, 0.2) is 24.7 Å². The minimum atomic E-state index is -3.24. The molecule has 0 saturated carbocycles. The molecule has 4 heterocycles. The number of hydrogen-bond donors (Lipinski definition) is 0. The number of rotatable bonds is 2. The van der Waals surface area contributed by atoms with E-state index in [-0.39, 0.29) is 23.5 Å². The molecule has 0 bridgehead atoms. The minimum Gasteiger partial charge on any atom is -0.333 e. The molecule has 4 rings (SSSR count). The zero-order valence-corrected chi connectivity index (χ0v) is 15.4. The van der Waals surface area contributed by atoms with E-state index in [1.165, 1.54) is 0 Å². The molecular weight excluding hydrogens is 356 g/mol. The number of carbonyl (C=O) groups excluding carboxylic acids is 1. The van der Waals surface area contributed by atoms with Crippen LogP contribution >= 0.6 is 0 Å². The lowest BCUT2D eigenvalue weighted by Gasteiger charge is -2.43. The molecule has 2 fully saturated rings. The third-order valence-corrected chi connectivity index (χ3v) is 6.69. The van der Waals surface area contributed by atoms with E-state index in [4.69, 9.17) is 0 Å². The molecule has 1 amide bonds. The Labute approximate surface area is 151 Å². The summed E-state index contributed by atoms with van der Waals surface area (Å²) in [6.45, 7) is 2.69. The number of fused-ring (bicyclic) bond motifs is 1. The van der Waals surface area contributed by atoms with Gasteiger partial charge in [0.2, 0.25) is 5.95 Å². The third kappa shape index (κ3) is 2.83. The first-order valence-electron chi connectivity index (χ1n) is 8.41. The largest absolute Gasteiger partial charge is 0.333 e. The van der Waals surface area contributed by atoms with Crippen molar-refractivity contribution in [3.63, 3.8) is 0 Å². The summed E-state index contributed by atoms with van der Waals surface area (Å²) in [5.41, 5.74) is 1.16. The second-order valence-corrected chi connectivity index (χ2v) is 8.91. The molecule has 138 valence electrons. The maximum atomic E-state index is 13.1. The Kier molecular flexibility index (Phi) is 3.94. The van der Waals surface area contributed by atoms with Gasteiger partial charge in [0.25, 0.3) is 5.91 Å². The minimum absolute atomic E-state index is 0.00568. The fraction of sp³-hybridized carbons (Fsp3) is 0.500. The van der Waals surface area contributed by atoms with Crippen molar-refractivity contribution in [2.45, 2.75) is 19.0 Å². The highest BCUT2D eigenvalue weighted by Gasteiger charge is 2.49. The van der Waals surface area contributed by atoms with E-state index in [0.717, 1.165) is 0 Å². The predicted molar refractivity (Wildman–Crippen MR) is 94.6 cm³/mol. The highest BCUT2D eigenvalue weighted by molar-refractivity contribution is 7.91. The van der Waals surface area contributed by atoms with Crippen LogP contribution < -0.4 is 4.90 Å². The molecule has 0 spiro atoms. The Morgan fingerprint density at radius 1 is 1.15 bits per heavy atom. The van der Waals surface area contributed by atoms with Gasteiger partial charge in [0, 0.05) is 38.7 Å². The van der Waals surface area contributed by atoms with Gasteiger partial charge in [-0.05, 0) is 13.0 Å². The number of aromatic nitrogens is 4. The SMILES string of the molecule is Cc1nn(C)cc1C(=O)N1CCN(c2ncccn2)[C@H]2CS(=O)(=O)C[C@H]21. The third-order valence-electron chi connectivity index (χ3n) is 4.99. The smallest absolute Gasteiger partial charge is 0.257 e. The standard InChI is InChI=1S/C16H20N6O3S/c1-11-12(8-20(2)19-11)15(23)21-6-7-22(16-17-4-3-5-18-16)14-10-26(24,25)9-13(14)21/h3-5,8,13-14H,6-7,9-10H2,1-2H3/t13-,14+/m1/s1. The van der Waals surface area contributed by atoms with Crippen LogP contribution in [0.1, 0.15) is 16.1 Å². The van der Waals surface area contributed by atoms with E-state index in [0.29, 0.717) is 30.3 Å². The van der Waals surface area contributed by atoms with Gasteiger partial charge < -0.3 is 9.80 Å².